The maximum absolute atomic E-state index is 12.5. The Balaban J connectivity index is 1.68. The Bertz CT molecular complexity index is 365. The molecule has 0 saturated carbocycles. The third kappa shape index (κ3) is 6.30. The molecule has 0 unspecified atom stereocenters. The van der Waals surface area contributed by atoms with Crippen molar-refractivity contribution >= 4 is 6.03 Å². The van der Waals surface area contributed by atoms with E-state index in [0.717, 1.165) is 71.4 Å². The molecular weight excluding hydrogens is 290 g/mol. The number of methoxy groups -OCH3 is 1. The van der Waals surface area contributed by atoms with Gasteiger partial charge >= 0.3 is 6.03 Å². The number of hydrogen-bond donors (Lipinski definition) is 1. The van der Waals surface area contributed by atoms with Gasteiger partial charge in [-0.1, -0.05) is 13.8 Å². The molecule has 2 fully saturated rings. The Kier molecular flexibility index (Phi) is 7.15. The molecule has 134 valence electrons. The average molecular weight is 325 g/mol. The van der Waals surface area contributed by atoms with Crippen LogP contribution >= 0.6 is 0 Å². The molecule has 2 aliphatic rings. The van der Waals surface area contributed by atoms with Gasteiger partial charge in [-0.3, -0.25) is 0 Å². The molecule has 2 saturated heterocycles. The highest BCUT2D eigenvalue weighted by Crippen LogP contribution is 2.29. The summed E-state index contributed by atoms with van der Waals surface area (Å²) in [5.41, 5.74) is 0.378. The smallest absolute Gasteiger partial charge is 0.317 e. The SMILES string of the molecule is COCCCN1CCC(NC(=O)N2CCCC(C)(C)CC2)CC1. The summed E-state index contributed by atoms with van der Waals surface area (Å²) in [5, 5.41) is 3.27. The number of hydrogen-bond acceptors (Lipinski definition) is 3. The number of ether oxygens (including phenoxy) is 1. The molecule has 0 radical (unpaired) electrons. The van der Waals surface area contributed by atoms with Gasteiger partial charge in [0.25, 0.3) is 0 Å². The third-order valence-electron chi connectivity index (χ3n) is 5.37. The Labute approximate surface area is 141 Å². The zero-order valence-corrected chi connectivity index (χ0v) is 15.3. The third-order valence-corrected chi connectivity index (χ3v) is 5.37. The van der Waals surface area contributed by atoms with Crippen molar-refractivity contribution in [1.82, 2.24) is 15.1 Å². The minimum Gasteiger partial charge on any atom is -0.385 e. The lowest BCUT2D eigenvalue weighted by Crippen LogP contribution is -2.49. The van der Waals surface area contributed by atoms with Crippen molar-refractivity contribution in [2.75, 3.05) is 46.4 Å². The van der Waals surface area contributed by atoms with Crippen molar-refractivity contribution in [3.63, 3.8) is 0 Å². The van der Waals surface area contributed by atoms with E-state index in [1.165, 1.54) is 6.42 Å². The molecule has 23 heavy (non-hydrogen) atoms. The first-order valence-corrected chi connectivity index (χ1v) is 9.27. The summed E-state index contributed by atoms with van der Waals surface area (Å²) in [6.45, 7) is 10.5. The number of piperidine rings is 1. The zero-order valence-electron chi connectivity index (χ0n) is 15.3. The quantitative estimate of drug-likeness (QED) is 0.791. The molecule has 2 amide bonds. The second kappa shape index (κ2) is 8.88. The number of carbonyl (C=O) groups excluding carboxylic acids is 1. The van der Waals surface area contributed by atoms with Crippen molar-refractivity contribution in [3.05, 3.63) is 0 Å². The van der Waals surface area contributed by atoms with Crippen LogP contribution in [0.2, 0.25) is 0 Å². The number of amides is 2. The van der Waals surface area contributed by atoms with Gasteiger partial charge in [-0.25, -0.2) is 4.79 Å². The van der Waals surface area contributed by atoms with Gasteiger partial charge in [0.05, 0.1) is 0 Å². The Morgan fingerprint density at radius 2 is 1.91 bits per heavy atom. The van der Waals surface area contributed by atoms with Crippen LogP contribution in [0.15, 0.2) is 0 Å². The lowest BCUT2D eigenvalue weighted by molar-refractivity contribution is 0.149. The van der Waals surface area contributed by atoms with Gasteiger partial charge in [-0.2, -0.15) is 0 Å². The maximum atomic E-state index is 12.5. The van der Waals surface area contributed by atoms with Gasteiger partial charge < -0.3 is 19.9 Å². The molecule has 2 aliphatic heterocycles. The van der Waals surface area contributed by atoms with Crippen LogP contribution in [0.1, 0.15) is 52.4 Å². The van der Waals surface area contributed by atoms with Crippen molar-refractivity contribution in [2.45, 2.75) is 58.4 Å². The minimum absolute atomic E-state index is 0.153. The minimum atomic E-state index is 0.153. The van der Waals surface area contributed by atoms with E-state index in [9.17, 15) is 4.79 Å². The second-order valence-corrected chi connectivity index (χ2v) is 7.92. The van der Waals surface area contributed by atoms with Gasteiger partial charge in [0.15, 0.2) is 0 Å². The van der Waals surface area contributed by atoms with E-state index in [0.29, 0.717) is 11.5 Å². The molecule has 2 rings (SSSR count). The van der Waals surface area contributed by atoms with E-state index in [2.05, 4.69) is 24.1 Å². The fraction of sp³-hybridized carbons (Fsp3) is 0.944. The molecule has 0 aromatic carbocycles. The Morgan fingerprint density at radius 3 is 2.61 bits per heavy atom. The molecule has 0 aliphatic carbocycles. The highest BCUT2D eigenvalue weighted by molar-refractivity contribution is 5.74. The first kappa shape index (κ1) is 18.5. The van der Waals surface area contributed by atoms with E-state index < -0.39 is 0 Å². The van der Waals surface area contributed by atoms with Gasteiger partial charge in [0.2, 0.25) is 0 Å². The number of carbonyl (C=O) groups is 1. The molecule has 0 aromatic heterocycles. The molecule has 5 nitrogen and oxygen atoms in total. The molecule has 0 spiro atoms. The summed E-state index contributed by atoms with van der Waals surface area (Å²) < 4.78 is 5.11. The van der Waals surface area contributed by atoms with Crippen molar-refractivity contribution in [2.24, 2.45) is 5.41 Å². The van der Waals surface area contributed by atoms with Crippen LogP contribution < -0.4 is 5.32 Å². The van der Waals surface area contributed by atoms with E-state index in [1.807, 2.05) is 4.90 Å². The van der Waals surface area contributed by atoms with Crippen LogP contribution in [-0.4, -0.2) is 68.3 Å². The van der Waals surface area contributed by atoms with Crippen LogP contribution in [0.5, 0.6) is 0 Å². The van der Waals surface area contributed by atoms with E-state index in [4.69, 9.17) is 4.74 Å². The van der Waals surface area contributed by atoms with Crippen LogP contribution in [-0.2, 0) is 4.74 Å². The highest BCUT2D eigenvalue weighted by atomic mass is 16.5. The van der Waals surface area contributed by atoms with Crippen LogP contribution in [0.3, 0.4) is 0 Å². The number of urea groups is 1. The van der Waals surface area contributed by atoms with E-state index in [1.54, 1.807) is 7.11 Å². The fourth-order valence-corrected chi connectivity index (χ4v) is 3.63. The van der Waals surface area contributed by atoms with E-state index >= 15 is 0 Å². The predicted molar refractivity (Wildman–Crippen MR) is 93.7 cm³/mol. The fourth-order valence-electron chi connectivity index (χ4n) is 3.63. The van der Waals surface area contributed by atoms with Crippen LogP contribution in [0, 0.1) is 5.41 Å². The summed E-state index contributed by atoms with van der Waals surface area (Å²) in [6.07, 6.45) is 6.68. The lowest BCUT2D eigenvalue weighted by atomic mass is 9.85. The molecule has 1 N–H and O–H groups in total. The van der Waals surface area contributed by atoms with Crippen LogP contribution in [0.25, 0.3) is 0 Å². The first-order chi connectivity index (χ1) is 11.0. The number of nitrogens with zero attached hydrogens (tertiary/aromatic N) is 2. The number of likely N-dealkylation sites (tertiary alicyclic amines) is 2. The van der Waals surface area contributed by atoms with Crippen molar-refractivity contribution in [1.29, 1.82) is 0 Å². The molecule has 0 aromatic rings. The van der Waals surface area contributed by atoms with Crippen LogP contribution in [0.4, 0.5) is 4.79 Å². The molecule has 2 heterocycles. The summed E-state index contributed by atoms with van der Waals surface area (Å²) in [4.78, 5) is 17.0. The topological polar surface area (TPSA) is 44.8 Å². The molecule has 0 bridgehead atoms. The highest BCUT2D eigenvalue weighted by Gasteiger charge is 2.27. The second-order valence-electron chi connectivity index (χ2n) is 7.92. The van der Waals surface area contributed by atoms with Gasteiger partial charge in [0.1, 0.15) is 0 Å². The first-order valence-electron chi connectivity index (χ1n) is 9.27. The monoisotopic (exact) mass is 325 g/mol. The molecule has 5 heteroatoms. The van der Waals surface area contributed by atoms with E-state index in [-0.39, 0.29) is 6.03 Å². The number of rotatable bonds is 5. The zero-order chi connectivity index (χ0) is 16.7. The normalized spacial score (nSPS) is 23.5. The molecular formula is C18H35N3O2. The Hall–Kier alpha value is -0.810. The van der Waals surface area contributed by atoms with Gasteiger partial charge in [-0.15, -0.1) is 0 Å². The van der Waals surface area contributed by atoms with Gasteiger partial charge in [-0.05, 0) is 43.9 Å². The largest absolute Gasteiger partial charge is 0.385 e. The summed E-state index contributed by atoms with van der Waals surface area (Å²) in [6, 6.07) is 0.498. The van der Waals surface area contributed by atoms with Crippen molar-refractivity contribution < 1.29 is 9.53 Å². The summed E-state index contributed by atoms with van der Waals surface area (Å²) in [7, 11) is 1.76. The Morgan fingerprint density at radius 1 is 1.17 bits per heavy atom. The maximum Gasteiger partial charge on any atom is 0.317 e. The standard InChI is InChI=1S/C18H35N3O2/c1-18(2)8-4-11-21(14-9-18)17(22)19-16-6-12-20(13-7-16)10-5-15-23-3/h16H,4-15H2,1-3H3,(H,19,22). The van der Waals surface area contributed by atoms with Gasteiger partial charge in [0, 0.05) is 52.5 Å². The predicted octanol–water partition coefficient (Wildman–Crippen LogP) is 2.71. The molecule has 0 atom stereocenters. The average Bonchev–Trinajstić information content (AvgIpc) is 2.70. The summed E-state index contributed by atoms with van der Waals surface area (Å²) >= 11 is 0. The number of nitrogens with one attached hydrogen (secondary N) is 1. The van der Waals surface area contributed by atoms with Crippen molar-refractivity contribution in [3.8, 4) is 0 Å². The summed E-state index contributed by atoms with van der Waals surface area (Å²) in [5.74, 6) is 0. The lowest BCUT2D eigenvalue weighted by Gasteiger charge is -2.33.